The number of halogens is 1. The highest BCUT2D eigenvalue weighted by atomic mass is 32.2. The van der Waals surface area contributed by atoms with Gasteiger partial charge in [-0.1, -0.05) is 51.0 Å². The smallest absolute Gasteiger partial charge is 0.295 e. The number of allylic oxidation sites excluding steroid dienone is 6. The number of hydroxylamine groups is 1. The number of hydrogen-bond donors (Lipinski definition) is 8. The topological polar surface area (TPSA) is 406 Å². The third-order valence-corrected chi connectivity index (χ3v) is 24.0. The van der Waals surface area contributed by atoms with Crippen molar-refractivity contribution in [2.45, 2.75) is 133 Å². The van der Waals surface area contributed by atoms with Gasteiger partial charge >= 0.3 is 0 Å². The number of sulfonamides is 1. The van der Waals surface area contributed by atoms with Crippen molar-refractivity contribution in [1.29, 1.82) is 0 Å². The molecule has 562 valence electrons. The molecule has 0 aromatic heterocycles. The summed E-state index contributed by atoms with van der Waals surface area (Å²) in [6, 6.07) is 20.7. The lowest BCUT2D eigenvalue weighted by Gasteiger charge is -2.38. The van der Waals surface area contributed by atoms with Gasteiger partial charge in [-0.25, -0.2) is 18.3 Å². The molecule has 0 saturated heterocycles. The molecule has 28 nitrogen and oxygen atoms in total. The highest BCUT2D eigenvalue weighted by Crippen LogP contribution is 2.52. The highest BCUT2D eigenvalue weighted by molar-refractivity contribution is 7.89. The Morgan fingerprint density at radius 3 is 1.63 bits per heavy atom. The summed E-state index contributed by atoms with van der Waals surface area (Å²) < 4.78 is 209. The summed E-state index contributed by atoms with van der Waals surface area (Å²) >= 11 is 0. The van der Waals surface area contributed by atoms with Crippen LogP contribution >= 0.6 is 0 Å². The van der Waals surface area contributed by atoms with E-state index >= 15 is 0 Å². The van der Waals surface area contributed by atoms with Crippen LogP contribution in [0.2, 0.25) is 0 Å². The zero-order valence-electron chi connectivity index (χ0n) is 57.7. The number of carbonyl (C=O) groups is 3. The van der Waals surface area contributed by atoms with Crippen LogP contribution in [0.15, 0.2) is 158 Å². The molecule has 1 fully saturated rings. The van der Waals surface area contributed by atoms with Crippen molar-refractivity contribution in [3.63, 3.8) is 0 Å². The fraction of sp³-hybridized carbons (Fsp3) is 0.400. The molecule has 2 aliphatic heterocycles. The molecule has 1 saturated carbocycles. The molecule has 3 amide bonds. The van der Waals surface area contributed by atoms with E-state index in [0.717, 1.165) is 16.1 Å². The molecule has 0 spiro atoms. The third kappa shape index (κ3) is 18.1. The monoisotopic (exact) mass is 1540 g/mol. The number of carbonyl (C=O) groups excluding carboxylic acids is 3. The molecule has 2 heterocycles. The number of nitrogens with one attached hydrogen (secondary N) is 3. The SMILES string of the molecule is CCN1/C(=C/C=C/C=C/C2=[N+](CCCCCC(=O)NCCOCCOCCOCCNC(=O)CCN(C3(C(=O)NO)CCCC3)S(=O)(=O)c3ccc(Oc4ccc(F)cc4)cc3)c3ccc4c(S(=O)(=O)O)cc(S(=O)(=O)O)cc4c3C2(C)C)C(C)(C)c2c1ccc1c(S(=O)(=O)O)cc(S(=O)(=O)O)cc21. The summed E-state index contributed by atoms with van der Waals surface area (Å²) in [5, 5.41) is 15.6. The van der Waals surface area contributed by atoms with Crippen LogP contribution < -0.4 is 25.8 Å². The van der Waals surface area contributed by atoms with E-state index in [9.17, 15) is 84.3 Å². The summed E-state index contributed by atoms with van der Waals surface area (Å²) in [5.41, 5.74) is 1.77. The first-order chi connectivity index (χ1) is 49.0. The van der Waals surface area contributed by atoms with Crippen LogP contribution in [0.25, 0.3) is 21.5 Å². The minimum atomic E-state index is -5.02. The van der Waals surface area contributed by atoms with Crippen molar-refractivity contribution >= 4 is 107 Å². The van der Waals surface area contributed by atoms with Gasteiger partial charge in [-0.2, -0.15) is 42.6 Å². The Hall–Kier alpha value is -7.94. The van der Waals surface area contributed by atoms with E-state index in [4.69, 9.17) is 18.9 Å². The summed E-state index contributed by atoms with van der Waals surface area (Å²) in [6.45, 7) is 11.2. The van der Waals surface area contributed by atoms with Gasteiger partial charge in [0, 0.05) is 90.7 Å². The zero-order chi connectivity index (χ0) is 75.8. The molecule has 104 heavy (non-hydrogen) atoms. The Kier molecular flexibility index (Phi) is 25.3. The molecule has 6 aromatic carbocycles. The summed E-state index contributed by atoms with van der Waals surface area (Å²) in [7, 11) is -24.3. The van der Waals surface area contributed by atoms with Gasteiger partial charge in [0.15, 0.2) is 5.71 Å². The van der Waals surface area contributed by atoms with E-state index in [1.165, 1.54) is 66.7 Å². The van der Waals surface area contributed by atoms with Gasteiger partial charge in [-0.15, -0.1) is 0 Å². The van der Waals surface area contributed by atoms with Crippen LogP contribution in [0.4, 0.5) is 15.8 Å². The van der Waals surface area contributed by atoms with Gasteiger partial charge in [0.2, 0.25) is 27.5 Å². The van der Waals surface area contributed by atoms with Crippen molar-refractivity contribution in [2.24, 2.45) is 0 Å². The number of benzene rings is 6. The molecule has 9 rings (SSSR count). The first-order valence-electron chi connectivity index (χ1n) is 33.3. The normalized spacial score (nSPS) is 16.3. The van der Waals surface area contributed by atoms with Crippen LogP contribution in [0, 0.1) is 5.82 Å². The summed E-state index contributed by atoms with van der Waals surface area (Å²) in [5.74, 6) is -1.48. The summed E-state index contributed by atoms with van der Waals surface area (Å²) in [6.07, 6.45) is 11.7. The number of likely N-dealkylation sites (N-methyl/N-ethyl adjacent to an activating group) is 1. The lowest BCUT2D eigenvalue weighted by Crippen LogP contribution is -2.59. The van der Waals surface area contributed by atoms with Crippen LogP contribution in [-0.2, 0) is 89.9 Å². The molecule has 8 N–H and O–H groups in total. The first kappa shape index (κ1) is 80.2. The van der Waals surface area contributed by atoms with Crippen molar-refractivity contribution in [3.8, 4) is 11.5 Å². The van der Waals surface area contributed by atoms with Gasteiger partial charge in [0.1, 0.15) is 39.2 Å². The Morgan fingerprint density at radius 2 is 1.11 bits per heavy atom. The molecular weight excluding hydrogens is 1460 g/mol. The number of unbranched alkanes of at least 4 members (excludes halogenated alkanes) is 2. The number of ether oxygens (including phenoxy) is 4. The fourth-order valence-electron chi connectivity index (χ4n) is 13.8. The standard InChI is InChI=1S/C70H83FN6O22S5/c1-6-75-57-28-26-53-55(43-51(101(84,85)86)45-59(53)103(90,91)92)65(57)68(2,3)61(75)15-9-7-10-16-62-69(4,5)66-56-44-52(102(87,88)89)46-60(104(93,94)95)54(56)27-29-58(66)76(62)35-14-8-11-17-63(78)72-33-37-96-39-41-98-42-40-97-38-34-73-64(79)30-36-77(70(67(80)74-81)31-12-13-32-70)100(82,83)50-24-22-49(23-25-50)99-48-20-18-47(71)19-21-48/h7,9-10,15-16,18-29,43-46H,6,8,11-14,17,30-42H2,1-5H3,(H7-,72,73,74,78,79,80,81,84,85,86,87,88,89,90,91,92,93,94,95)/p+1. The molecule has 0 unspecified atom stereocenters. The molecule has 6 aromatic rings. The molecular formula is C70H84FN6O22S5+. The van der Waals surface area contributed by atoms with E-state index in [1.54, 1.807) is 35.8 Å². The average Bonchev–Trinajstić information content (AvgIpc) is 1.54. The first-order valence-corrected chi connectivity index (χ1v) is 40.5. The van der Waals surface area contributed by atoms with E-state index < -0.39 is 104 Å². The molecule has 1 aliphatic carbocycles. The van der Waals surface area contributed by atoms with Crippen LogP contribution in [0.5, 0.6) is 11.5 Å². The second-order valence-electron chi connectivity index (χ2n) is 26.1. The number of fused-ring (bicyclic) bond motifs is 6. The number of amides is 3. The Balaban J connectivity index is 0.740. The fourth-order valence-corrected chi connectivity index (χ4v) is 18.3. The number of anilines is 1. The zero-order valence-corrected chi connectivity index (χ0v) is 61.8. The minimum absolute atomic E-state index is 0.0118. The minimum Gasteiger partial charge on any atom is -0.457 e. The largest absolute Gasteiger partial charge is 0.457 e. The maximum atomic E-state index is 14.2. The number of hydrogen-bond acceptors (Lipinski definition) is 19. The van der Waals surface area contributed by atoms with Crippen molar-refractivity contribution in [3.05, 3.63) is 150 Å². The Morgan fingerprint density at radius 1 is 0.587 bits per heavy atom. The Bertz CT molecular complexity index is 4980. The van der Waals surface area contributed by atoms with Crippen molar-refractivity contribution < 1.29 is 108 Å². The van der Waals surface area contributed by atoms with Crippen molar-refractivity contribution in [2.75, 3.05) is 77.3 Å². The molecule has 0 radical (unpaired) electrons. The van der Waals surface area contributed by atoms with Gasteiger partial charge in [-0.3, -0.25) is 37.8 Å². The molecule has 3 aliphatic rings. The van der Waals surface area contributed by atoms with Gasteiger partial charge < -0.3 is 34.5 Å². The summed E-state index contributed by atoms with van der Waals surface area (Å²) in [4.78, 5) is 38.0. The predicted octanol–water partition coefficient (Wildman–Crippen LogP) is 8.84. The highest BCUT2D eigenvalue weighted by Gasteiger charge is 2.52. The predicted molar refractivity (Wildman–Crippen MR) is 382 cm³/mol. The van der Waals surface area contributed by atoms with E-state index in [2.05, 4.69) is 10.6 Å². The van der Waals surface area contributed by atoms with E-state index in [1.807, 2.05) is 56.2 Å². The second kappa shape index (κ2) is 32.8. The molecule has 34 heteroatoms. The van der Waals surface area contributed by atoms with Gasteiger partial charge in [0.05, 0.1) is 59.7 Å². The van der Waals surface area contributed by atoms with Crippen LogP contribution in [0.3, 0.4) is 0 Å². The third-order valence-electron chi connectivity index (χ3n) is 18.6. The maximum absolute atomic E-state index is 14.2. The van der Waals surface area contributed by atoms with Crippen LogP contribution in [0.1, 0.15) is 104 Å². The Labute approximate surface area is 603 Å². The van der Waals surface area contributed by atoms with Gasteiger partial charge in [0.25, 0.3) is 46.4 Å². The van der Waals surface area contributed by atoms with E-state index in [-0.39, 0.29) is 123 Å². The lowest BCUT2D eigenvalue weighted by molar-refractivity contribution is -0.438. The molecule has 0 atom stereocenters. The van der Waals surface area contributed by atoms with Gasteiger partial charge in [-0.05, 0) is 154 Å². The molecule has 0 bridgehead atoms. The maximum Gasteiger partial charge on any atom is 0.295 e. The van der Waals surface area contributed by atoms with Crippen LogP contribution in [-0.4, -0.2) is 176 Å². The quantitative estimate of drug-likeness (QED) is 0.00459. The number of rotatable bonds is 35. The lowest BCUT2D eigenvalue weighted by atomic mass is 9.79. The second-order valence-corrected chi connectivity index (χ2v) is 33.5. The van der Waals surface area contributed by atoms with E-state index in [0.29, 0.717) is 91.3 Å². The average molecular weight is 1540 g/mol. The van der Waals surface area contributed by atoms with Crippen molar-refractivity contribution in [1.82, 2.24) is 20.4 Å². The number of nitrogens with zero attached hydrogens (tertiary/aromatic N) is 3.